The summed E-state index contributed by atoms with van der Waals surface area (Å²) in [7, 11) is 0. The van der Waals surface area contributed by atoms with E-state index in [0.29, 0.717) is 6.42 Å². The van der Waals surface area contributed by atoms with Crippen molar-refractivity contribution in [3.8, 4) is 0 Å². The number of carboxylic acids is 1. The highest BCUT2D eigenvalue weighted by Gasteiger charge is 2.24. The Morgan fingerprint density at radius 3 is 1.67 bits per heavy atom. The summed E-state index contributed by atoms with van der Waals surface area (Å²) in [5.41, 5.74) is 0. The lowest BCUT2D eigenvalue weighted by molar-refractivity contribution is -0.138. The van der Waals surface area contributed by atoms with Gasteiger partial charge in [0.25, 0.3) is 0 Å². The maximum atomic E-state index is 13.1. The lowest BCUT2D eigenvalue weighted by Gasteiger charge is -2.28. The normalized spacial score (nSPS) is 12.1. The van der Waals surface area contributed by atoms with Crippen molar-refractivity contribution >= 4 is 11.9 Å². The summed E-state index contributed by atoms with van der Waals surface area (Å²) in [5.74, 6) is -0.743. The maximum absolute atomic E-state index is 13.1. The number of carboxylic acid groups (broad SMARTS) is 1. The molecule has 0 rings (SSSR count). The standard InChI is InChI=1S/C25H50N2O3/c1-4-7-10-11-12-13-14-15-16-17-20-26-23(18-19-24(28)29)25(30)27(21-8-5-2)22-9-6-3/h23,26H,4-22H2,1-3H3,(H,28,29)/t23-/m0/s1. The van der Waals surface area contributed by atoms with E-state index in [4.69, 9.17) is 5.11 Å². The van der Waals surface area contributed by atoms with Gasteiger partial charge < -0.3 is 15.3 Å². The molecule has 0 heterocycles. The fourth-order valence-electron chi connectivity index (χ4n) is 3.72. The molecule has 0 aromatic carbocycles. The summed E-state index contributed by atoms with van der Waals surface area (Å²) in [6, 6.07) is -0.367. The zero-order valence-electron chi connectivity index (χ0n) is 20.2. The predicted molar refractivity (Wildman–Crippen MR) is 127 cm³/mol. The molecule has 0 radical (unpaired) electrons. The van der Waals surface area contributed by atoms with Crippen LogP contribution in [-0.2, 0) is 9.59 Å². The minimum absolute atomic E-state index is 0.0385. The third-order valence-electron chi connectivity index (χ3n) is 5.74. The Balaban J connectivity index is 4.27. The molecule has 5 nitrogen and oxygen atoms in total. The molecule has 0 saturated heterocycles. The van der Waals surface area contributed by atoms with Crippen LogP contribution in [0.3, 0.4) is 0 Å². The van der Waals surface area contributed by atoms with Crippen LogP contribution in [0.1, 0.15) is 124 Å². The largest absolute Gasteiger partial charge is 0.481 e. The molecule has 5 heteroatoms. The van der Waals surface area contributed by atoms with Gasteiger partial charge in [-0.15, -0.1) is 0 Å². The number of aliphatic carboxylic acids is 1. The molecule has 1 atom stereocenters. The smallest absolute Gasteiger partial charge is 0.303 e. The molecule has 0 aliphatic heterocycles. The molecular formula is C25H50N2O3. The molecule has 0 spiro atoms. The number of hydrogen-bond donors (Lipinski definition) is 2. The van der Waals surface area contributed by atoms with Crippen molar-refractivity contribution in [2.75, 3.05) is 19.6 Å². The predicted octanol–water partition coefficient (Wildman–Crippen LogP) is 6.16. The van der Waals surface area contributed by atoms with E-state index < -0.39 is 5.97 Å². The minimum Gasteiger partial charge on any atom is -0.481 e. The van der Waals surface area contributed by atoms with E-state index >= 15 is 0 Å². The van der Waals surface area contributed by atoms with Gasteiger partial charge in [-0.3, -0.25) is 9.59 Å². The van der Waals surface area contributed by atoms with Gasteiger partial charge in [0.05, 0.1) is 6.04 Å². The Hall–Kier alpha value is -1.10. The van der Waals surface area contributed by atoms with Crippen LogP contribution in [0.25, 0.3) is 0 Å². The van der Waals surface area contributed by atoms with Crippen molar-refractivity contribution in [1.29, 1.82) is 0 Å². The summed E-state index contributed by atoms with van der Waals surface area (Å²) >= 11 is 0. The molecule has 0 aromatic heterocycles. The van der Waals surface area contributed by atoms with Gasteiger partial charge >= 0.3 is 5.97 Å². The van der Waals surface area contributed by atoms with Gasteiger partial charge in [0.1, 0.15) is 0 Å². The van der Waals surface area contributed by atoms with E-state index in [1.54, 1.807) is 0 Å². The number of hydrogen-bond acceptors (Lipinski definition) is 3. The number of carbonyl (C=O) groups is 2. The third-order valence-corrected chi connectivity index (χ3v) is 5.74. The van der Waals surface area contributed by atoms with Crippen LogP contribution in [0.4, 0.5) is 0 Å². The minimum atomic E-state index is -0.831. The van der Waals surface area contributed by atoms with Gasteiger partial charge in [-0.05, 0) is 32.2 Å². The highest BCUT2D eigenvalue weighted by Crippen LogP contribution is 2.11. The topological polar surface area (TPSA) is 69.6 Å². The van der Waals surface area contributed by atoms with Crippen molar-refractivity contribution in [3.63, 3.8) is 0 Å². The van der Waals surface area contributed by atoms with Gasteiger partial charge in [-0.25, -0.2) is 0 Å². The van der Waals surface area contributed by atoms with Crippen molar-refractivity contribution < 1.29 is 14.7 Å². The molecule has 0 fully saturated rings. The Labute approximate surface area is 186 Å². The van der Waals surface area contributed by atoms with Crippen LogP contribution in [0.5, 0.6) is 0 Å². The van der Waals surface area contributed by atoms with Crippen LogP contribution in [0, 0.1) is 0 Å². The van der Waals surface area contributed by atoms with Crippen LogP contribution >= 0.6 is 0 Å². The summed E-state index contributed by atoms with van der Waals surface area (Å²) < 4.78 is 0. The first-order chi connectivity index (χ1) is 14.6. The molecular weight excluding hydrogens is 376 g/mol. The lowest BCUT2D eigenvalue weighted by atomic mass is 10.1. The van der Waals surface area contributed by atoms with Crippen LogP contribution < -0.4 is 5.32 Å². The zero-order chi connectivity index (χ0) is 22.5. The number of nitrogens with one attached hydrogen (secondary N) is 1. The Kier molecular flexibility index (Phi) is 20.4. The molecule has 0 saturated carbocycles. The average Bonchev–Trinajstić information content (AvgIpc) is 2.73. The molecule has 30 heavy (non-hydrogen) atoms. The molecule has 1 amide bonds. The molecule has 0 aliphatic carbocycles. The number of unbranched alkanes of at least 4 members (excludes halogenated alkanes) is 11. The number of carbonyl (C=O) groups excluding carboxylic acids is 1. The maximum Gasteiger partial charge on any atom is 0.303 e. The van der Waals surface area contributed by atoms with Gasteiger partial charge in [0.15, 0.2) is 0 Å². The van der Waals surface area contributed by atoms with Crippen LogP contribution in [-0.4, -0.2) is 47.6 Å². The van der Waals surface area contributed by atoms with E-state index in [1.807, 2.05) is 4.90 Å². The summed E-state index contributed by atoms with van der Waals surface area (Å²) in [6.07, 6.45) is 17.4. The second-order valence-electron chi connectivity index (χ2n) is 8.65. The number of nitrogens with zero attached hydrogens (tertiary/aromatic N) is 1. The Morgan fingerprint density at radius 2 is 1.20 bits per heavy atom. The first-order valence-electron chi connectivity index (χ1n) is 12.8. The number of rotatable bonds is 22. The lowest BCUT2D eigenvalue weighted by Crippen LogP contribution is -2.47. The van der Waals surface area contributed by atoms with E-state index in [0.717, 1.165) is 51.7 Å². The zero-order valence-corrected chi connectivity index (χ0v) is 20.2. The second-order valence-corrected chi connectivity index (χ2v) is 8.65. The van der Waals surface area contributed by atoms with E-state index in [2.05, 4.69) is 26.1 Å². The molecule has 178 valence electrons. The Bertz CT molecular complexity index is 407. The van der Waals surface area contributed by atoms with Crippen molar-refractivity contribution in [2.45, 2.75) is 130 Å². The molecule has 0 bridgehead atoms. The van der Waals surface area contributed by atoms with Crippen LogP contribution in [0.2, 0.25) is 0 Å². The van der Waals surface area contributed by atoms with Crippen LogP contribution in [0.15, 0.2) is 0 Å². The van der Waals surface area contributed by atoms with E-state index in [9.17, 15) is 9.59 Å². The van der Waals surface area contributed by atoms with E-state index in [1.165, 1.54) is 57.8 Å². The quantitative estimate of drug-likeness (QED) is 0.203. The fraction of sp³-hybridized carbons (Fsp3) is 0.920. The summed E-state index contributed by atoms with van der Waals surface area (Å²) in [6.45, 7) is 8.86. The highest BCUT2D eigenvalue weighted by atomic mass is 16.4. The highest BCUT2D eigenvalue weighted by molar-refractivity contribution is 5.82. The third kappa shape index (κ3) is 16.7. The van der Waals surface area contributed by atoms with Gasteiger partial charge in [0, 0.05) is 19.5 Å². The van der Waals surface area contributed by atoms with E-state index in [-0.39, 0.29) is 18.4 Å². The van der Waals surface area contributed by atoms with Crippen molar-refractivity contribution in [2.24, 2.45) is 0 Å². The van der Waals surface area contributed by atoms with Gasteiger partial charge in [-0.1, -0.05) is 91.4 Å². The first-order valence-corrected chi connectivity index (χ1v) is 12.8. The fourth-order valence-corrected chi connectivity index (χ4v) is 3.72. The molecule has 0 unspecified atom stereocenters. The summed E-state index contributed by atoms with van der Waals surface area (Å²) in [4.78, 5) is 26.0. The SMILES string of the molecule is CCCCCCCCCCCCN[C@@H](CCC(=O)O)C(=O)N(CCCC)CCCC. The molecule has 2 N–H and O–H groups in total. The van der Waals surface area contributed by atoms with Gasteiger partial charge in [0.2, 0.25) is 5.91 Å². The second kappa shape index (κ2) is 21.1. The van der Waals surface area contributed by atoms with Gasteiger partial charge in [-0.2, -0.15) is 0 Å². The molecule has 0 aromatic rings. The average molecular weight is 427 g/mol. The Morgan fingerprint density at radius 1 is 0.733 bits per heavy atom. The monoisotopic (exact) mass is 426 g/mol. The first kappa shape index (κ1) is 28.9. The summed E-state index contributed by atoms with van der Waals surface area (Å²) in [5, 5.41) is 12.5. The number of amides is 1. The van der Waals surface area contributed by atoms with Crippen molar-refractivity contribution in [1.82, 2.24) is 10.2 Å². The molecule has 0 aliphatic rings. The van der Waals surface area contributed by atoms with Crippen molar-refractivity contribution in [3.05, 3.63) is 0 Å².